The van der Waals surface area contributed by atoms with Crippen LogP contribution < -0.4 is 0 Å². The Kier molecular flexibility index (Phi) is 5.89. The Morgan fingerprint density at radius 3 is 1.81 bits per heavy atom. The lowest BCUT2D eigenvalue weighted by Crippen LogP contribution is -2.43. The monoisotopic (exact) mass is 300 g/mol. The number of hydrogen-bond acceptors (Lipinski definition) is 5. The van der Waals surface area contributed by atoms with Crippen LogP contribution in [0.2, 0.25) is 0 Å². The highest BCUT2D eigenvalue weighted by Gasteiger charge is 2.38. The van der Waals surface area contributed by atoms with E-state index in [4.69, 9.17) is 23.7 Å². The van der Waals surface area contributed by atoms with Crippen LogP contribution in [0.4, 0.5) is 0 Å². The van der Waals surface area contributed by atoms with Crippen LogP contribution in [0.1, 0.15) is 51.4 Å². The Morgan fingerprint density at radius 1 is 0.762 bits per heavy atom. The minimum atomic E-state index is -0.304. The predicted molar refractivity (Wildman–Crippen MR) is 77.0 cm³/mol. The number of ether oxygens (including phenoxy) is 5. The molecule has 5 heteroatoms. The van der Waals surface area contributed by atoms with Crippen molar-refractivity contribution in [2.24, 2.45) is 0 Å². The van der Waals surface area contributed by atoms with E-state index < -0.39 is 0 Å². The highest BCUT2D eigenvalue weighted by atomic mass is 16.7. The maximum absolute atomic E-state index is 5.96. The summed E-state index contributed by atoms with van der Waals surface area (Å²) in [6.45, 7) is 3.54. The van der Waals surface area contributed by atoms with Gasteiger partial charge in [0.05, 0.1) is 13.2 Å². The molecule has 0 aromatic carbocycles. The molecule has 3 rings (SSSR count). The van der Waals surface area contributed by atoms with Crippen molar-refractivity contribution in [2.75, 3.05) is 33.0 Å². The maximum atomic E-state index is 5.96. The third-order valence-corrected chi connectivity index (χ3v) is 4.53. The van der Waals surface area contributed by atoms with Gasteiger partial charge in [-0.2, -0.15) is 0 Å². The van der Waals surface area contributed by atoms with Gasteiger partial charge < -0.3 is 23.7 Å². The molecule has 122 valence electrons. The predicted octanol–water partition coefficient (Wildman–Crippen LogP) is 2.62. The number of hydrogen-bond donors (Lipinski definition) is 0. The molecule has 0 aliphatic carbocycles. The molecular formula is C16H28O5. The molecule has 0 unspecified atom stereocenters. The van der Waals surface area contributed by atoms with E-state index in [1.54, 1.807) is 0 Å². The molecule has 0 aromatic rings. The van der Waals surface area contributed by atoms with Crippen LogP contribution in [-0.4, -0.2) is 51.2 Å². The van der Waals surface area contributed by atoms with E-state index >= 15 is 0 Å². The second kappa shape index (κ2) is 7.88. The first-order chi connectivity index (χ1) is 10.4. The van der Waals surface area contributed by atoms with Crippen molar-refractivity contribution in [3.05, 3.63) is 0 Å². The SMILES string of the molecule is C1CC[C@H](OCC2(CO[C@H]3CCCCO3)CCCO2)OC1. The van der Waals surface area contributed by atoms with Gasteiger partial charge in [0, 0.05) is 19.8 Å². The zero-order valence-corrected chi connectivity index (χ0v) is 12.9. The number of rotatable bonds is 6. The van der Waals surface area contributed by atoms with Crippen LogP contribution >= 0.6 is 0 Å². The van der Waals surface area contributed by atoms with E-state index in [2.05, 4.69) is 0 Å². The summed E-state index contributed by atoms with van der Waals surface area (Å²) in [7, 11) is 0. The first-order valence-corrected chi connectivity index (χ1v) is 8.47. The molecule has 3 aliphatic rings. The van der Waals surface area contributed by atoms with Crippen LogP contribution in [0.5, 0.6) is 0 Å². The Bertz CT molecular complexity index is 267. The van der Waals surface area contributed by atoms with Gasteiger partial charge in [-0.3, -0.25) is 0 Å². The van der Waals surface area contributed by atoms with E-state index in [-0.39, 0.29) is 18.2 Å². The summed E-state index contributed by atoms with van der Waals surface area (Å²) in [6, 6.07) is 0. The average Bonchev–Trinajstić information content (AvgIpc) is 3.03. The van der Waals surface area contributed by atoms with E-state index in [1.807, 2.05) is 0 Å². The minimum absolute atomic E-state index is 0.0641. The van der Waals surface area contributed by atoms with Gasteiger partial charge in [-0.25, -0.2) is 0 Å². The van der Waals surface area contributed by atoms with Gasteiger partial charge in [0.1, 0.15) is 5.60 Å². The molecule has 3 saturated heterocycles. The van der Waals surface area contributed by atoms with Gasteiger partial charge in [-0.1, -0.05) is 0 Å². The molecule has 0 saturated carbocycles. The molecule has 3 aliphatic heterocycles. The van der Waals surface area contributed by atoms with Gasteiger partial charge in [0.25, 0.3) is 0 Å². The fourth-order valence-electron chi connectivity index (χ4n) is 3.20. The Labute approximate surface area is 127 Å². The van der Waals surface area contributed by atoms with Crippen LogP contribution in [0.15, 0.2) is 0 Å². The quantitative estimate of drug-likeness (QED) is 0.754. The summed E-state index contributed by atoms with van der Waals surface area (Å²) < 4.78 is 29.1. The van der Waals surface area contributed by atoms with E-state index in [0.717, 1.165) is 58.3 Å². The molecule has 0 bridgehead atoms. The van der Waals surface area contributed by atoms with Gasteiger partial charge >= 0.3 is 0 Å². The zero-order chi connectivity index (χ0) is 14.4. The molecule has 21 heavy (non-hydrogen) atoms. The second-order valence-electron chi connectivity index (χ2n) is 6.35. The third-order valence-electron chi connectivity index (χ3n) is 4.53. The van der Waals surface area contributed by atoms with Crippen molar-refractivity contribution in [3.63, 3.8) is 0 Å². The van der Waals surface area contributed by atoms with Gasteiger partial charge in [-0.05, 0) is 51.4 Å². The Morgan fingerprint density at radius 2 is 1.38 bits per heavy atom. The fraction of sp³-hybridized carbons (Fsp3) is 1.00. The third kappa shape index (κ3) is 4.63. The summed E-state index contributed by atoms with van der Waals surface area (Å²) >= 11 is 0. The largest absolute Gasteiger partial charge is 0.370 e. The van der Waals surface area contributed by atoms with Crippen molar-refractivity contribution in [1.29, 1.82) is 0 Å². The smallest absolute Gasteiger partial charge is 0.157 e. The minimum Gasteiger partial charge on any atom is -0.370 e. The second-order valence-corrected chi connectivity index (χ2v) is 6.35. The van der Waals surface area contributed by atoms with Crippen molar-refractivity contribution < 1.29 is 23.7 Å². The average molecular weight is 300 g/mol. The highest BCUT2D eigenvalue weighted by Crippen LogP contribution is 2.29. The summed E-state index contributed by atoms with van der Waals surface area (Å²) in [6.07, 6.45) is 8.57. The topological polar surface area (TPSA) is 46.2 Å². The van der Waals surface area contributed by atoms with Crippen LogP contribution in [-0.2, 0) is 23.7 Å². The molecule has 0 aromatic heterocycles. The summed E-state index contributed by atoms with van der Waals surface area (Å²) in [5.74, 6) is 0. The standard InChI is InChI=1S/C16H28O5/c1-3-9-17-14(6-1)19-12-16(8-5-11-21-16)13-20-15-7-2-4-10-18-15/h14-15H,1-13H2/t14-,15-/m0/s1. The van der Waals surface area contributed by atoms with Crippen molar-refractivity contribution in [2.45, 2.75) is 69.5 Å². The summed E-state index contributed by atoms with van der Waals surface area (Å²) in [5, 5.41) is 0. The zero-order valence-electron chi connectivity index (χ0n) is 12.9. The van der Waals surface area contributed by atoms with Crippen molar-refractivity contribution in [3.8, 4) is 0 Å². The van der Waals surface area contributed by atoms with E-state index in [9.17, 15) is 0 Å². The Balaban J connectivity index is 1.45. The first kappa shape index (κ1) is 15.7. The molecule has 0 N–H and O–H groups in total. The fourth-order valence-corrected chi connectivity index (χ4v) is 3.20. The molecule has 0 spiro atoms. The molecular weight excluding hydrogens is 272 g/mol. The van der Waals surface area contributed by atoms with Gasteiger partial charge in [-0.15, -0.1) is 0 Å². The first-order valence-electron chi connectivity index (χ1n) is 8.47. The van der Waals surface area contributed by atoms with Crippen LogP contribution in [0, 0.1) is 0 Å². The molecule has 0 amide bonds. The Hall–Kier alpha value is -0.200. The lowest BCUT2D eigenvalue weighted by Gasteiger charge is -2.33. The highest BCUT2D eigenvalue weighted by molar-refractivity contribution is 4.85. The summed E-state index contributed by atoms with van der Waals surface area (Å²) in [5.41, 5.74) is -0.304. The maximum Gasteiger partial charge on any atom is 0.157 e. The van der Waals surface area contributed by atoms with E-state index in [1.165, 1.54) is 12.8 Å². The van der Waals surface area contributed by atoms with Crippen LogP contribution in [0.25, 0.3) is 0 Å². The normalized spacial score (nSPS) is 33.1. The van der Waals surface area contributed by atoms with E-state index in [0.29, 0.717) is 13.2 Å². The van der Waals surface area contributed by atoms with Gasteiger partial charge in [0.2, 0.25) is 0 Å². The molecule has 3 heterocycles. The lowest BCUT2D eigenvalue weighted by molar-refractivity contribution is -0.226. The molecule has 3 fully saturated rings. The van der Waals surface area contributed by atoms with Crippen molar-refractivity contribution >= 4 is 0 Å². The van der Waals surface area contributed by atoms with Crippen molar-refractivity contribution in [1.82, 2.24) is 0 Å². The van der Waals surface area contributed by atoms with Crippen LogP contribution in [0.3, 0.4) is 0 Å². The summed E-state index contributed by atoms with van der Waals surface area (Å²) in [4.78, 5) is 0. The molecule has 0 radical (unpaired) electrons. The van der Waals surface area contributed by atoms with Gasteiger partial charge in [0.15, 0.2) is 12.6 Å². The molecule has 5 nitrogen and oxygen atoms in total. The lowest BCUT2D eigenvalue weighted by atomic mass is 10.0. The molecule has 2 atom stereocenters.